The van der Waals surface area contributed by atoms with Crippen molar-refractivity contribution in [2.24, 2.45) is 22.1 Å². The van der Waals surface area contributed by atoms with Crippen molar-refractivity contribution in [3.05, 3.63) is 51.3 Å². The van der Waals surface area contributed by atoms with Gasteiger partial charge in [-0.2, -0.15) is 5.26 Å². The molecule has 0 bridgehead atoms. The van der Waals surface area contributed by atoms with E-state index in [9.17, 15) is 20.0 Å². The van der Waals surface area contributed by atoms with Crippen LogP contribution < -0.4 is 5.56 Å². The van der Waals surface area contributed by atoms with E-state index < -0.39 is 11.5 Å². The Balaban J connectivity index is 2.40. The number of pyridine rings is 1. The molecule has 2 unspecified atom stereocenters. The zero-order chi connectivity index (χ0) is 28.1. The van der Waals surface area contributed by atoms with E-state index in [1.807, 2.05) is 13.0 Å². The first kappa shape index (κ1) is 30.8. The van der Waals surface area contributed by atoms with Crippen LogP contribution in [-0.4, -0.2) is 22.2 Å². The van der Waals surface area contributed by atoms with Crippen LogP contribution in [0.15, 0.2) is 39.3 Å². The highest BCUT2D eigenvalue weighted by Crippen LogP contribution is 2.29. The lowest BCUT2D eigenvalue weighted by Crippen LogP contribution is -2.25. The van der Waals surface area contributed by atoms with Crippen molar-refractivity contribution in [3.63, 3.8) is 0 Å². The van der Waals surface area contributed by atoms with Gasteiger partial charge in [0.25, 0.3) is 5.56 Å². The number of nitriles is 1. The number of rotatable bonds is 15. The van der Waals surface area contributed by atoms with Crippen LogP contribution in [0, 0.1) is 30.1 Å². The molecule has 0 saturated carbocycles. The summed E-state index contributed by atoms with van der Waals surface area (Å²) in [4.78, 5) is 26.3. The van der Waals surface area contributed by atoms with E-state index in [0.29, 0.717) is 12.5 Å². The van der Waals surface area contributed by atoms with Crippen LogP contribution in [0.5, 0.6) is 5.88 Å². The predicted octanol–water partition coefficient (Wildman–Crippen LogP) is 7.74. The minimum atomic E-state index is -0.514. The van der Waals surface area contributed by atoms with E-state index in [4.69, 9.17) is 4.74 Å². The van der Waals surface area contributed by atoms with Gasteiger partial charge in [-0.15, -0.1) is 10.2 Å². The smallest absolute Gasteiger partial charge is 0.340 e. The Hall–Kier alpha value is -3.47. The molecule has 0 aliphatic heterocycles. The van der Waals surface area contributed by atoms with Crippen LogP contribution in [0.3, 0.4) is 0 Å². The van der Waals surface area contributed by atoms with Gasteiger partial charge in [-0.05, 0) is 43.7 Å². The van der Waals surface area contributed by atoms with Crippen LogP contribution in [0.2, 0.25) is 0 Å². The quantitative estimate of drug-likeness (QED) is 0.190. The third-order valence-corrected chi connectivity index (χ3v) is 7.13. The number of ether oxygens (including phenoxy) is 1. The van der Waals surface area contributed by atoms with Gasteiger partial charge in [0.2, 0.25) is 5.88 Å². The van der Waals surface area contributed by atoms with Gasteiger partial charge in [-0.3, -0.25) is 9.36 Å². The van der Waals surface area contributed by atoms with Crippen LogP contribution in [0.4, 0.5) is 11.4 Å². The summed E-state index contributed by atoms with van der Waals surface area (Å²) in [6, 6.07) is 8.69. The summed E-state index contributed by atoms with van der Waals surface area (Å²) >= 11 is 0. The van der Waals surface area contributed by atoms with Crippen molar-refractivity contribution in [3.8, 4) is 11.9 Å². The summed E-state index contributed by atoms with van der Waals surface area (Å²) < 4.78 is 6.82. The number of nitrogens with zero attached hydrogens (tertiary/aromatic N) is 4. The molecule has 0 spiro atoms. The topological polar surface area (TPSA) is 117 Å². The number of unbranched alkanes of at least 4 members (excludes halogenated alkanes) is 2. The van der Waals surface area contributed by atoms with Crippen molar-refractivity contribution in [2.75, 3.05) is 6.61 Å². The third kappa shape index (κ3) is 8.01. The van der Waals surface area contributed by atoms with Gasteiger partial charge >= 0.3 is 5.97 Å². The van der Waals surface area contributed by atoms with Gasteiger partial charge in [0.05, 0.1) is 12.2 Å². The van der Waals surface area contributed by atoms with Gasteiger partial charge in [0.15, 0.2) is 5.69 Å². The van der Waals surface area contributed by atoms with E-state index in [1.165, 1.54) is 4.57 Å². The van der Waals surface area contributed by atoms with Gasteiger partial charge in [0, 0.05) is 12.1 Å². The van der Waals surface area contributed by atoms with Gasteiger partial charge < -0.3 is 9.84 Å². The molecule has 2 aromatic rings. The first-order valence-corrected chi connectivity index (χ1v) is 13.9. The minimum Gasteiger partial charge on any atom is -0.493 e. The number of aromatic nitrogens is 1. The van der Waals surface area contributed by atoms with Crippen molar-refractivity contribution in [1.82, 2.24) is 4.57 Å². The first-order chi connectivity index (χ1) is 18.3. The number of carbonyl (C=O) groups is 1. The monoisotopic (exact) mass is 522 g/mol. The number of hydrogen-bond acceptors (Lipinski definition) is 7. The summed E-state index contributed by atoms with van der Waals surface area (Å²) in [5.74, 6) is -0.355. The van der Waals surface area contributed by atoms with Gasteiger partial charge in [-0.25, -0.2) is 4.79 Å². The van der Waals surface area contributed by atoms with E-state index >= 15 is 0 Å². The summed E-state index contributed by atoms with van der Waals surface area (Å²) in [6.45, 7) is 10.6. The molecule has 206 valence electrons. The van der Waals surface area contributed by atoms with Crippen LogP contribution in [-0.2, 0) is 11.3 Å². The fourth-order valence-corrected chi connectivity index (χ4v) is 4.41. The molecule has 1 aromatic heterocycles. The van der Waals surface area contributed by atoms with Crippen LogP contribution in [0.25, 0.3) is 0 Å². The summed E-state index contributed by atoms with van der Waals surface area (Å²) in [7, 11) is 0. The summed E-state index contributed by atoms with van der Waals surface area (Å²) in [5, 5.41) is 28.9. The normalized spacial score (nSPS) is 12.8. The molecule has 1 N–H and O–H groups in total. The standard InChI is InChI=1S/C30H42N4O4/c1-6-10-14-22(8-3)19-34-28(35)25(18-31)21(5)27(29(34)36)33-32-26-17-13-12-16-24(26)30(37)38-20-23(9-4)15-11-7-2/h12-13,16-17,22-23,35H,6-11,14-15,19-20H2,1-5H3. The number of benzene rings is 1. The molecule has 38 heavy (non-hydrogen) atoms. The molecule has 1 heterocycles. The summed E-state index contributed by atoms with van der Waals surface area (Å²) in [5.41, 5.74) is 0.223. The lowest BCUT2D eigenvalue weighted by molar-refractivity contribution is 0.0429. The Morgan fingerprint density at radius 1 is 1.05 bits per heavy atom. The molecule has 8 heteroatoms. The molecule has 0 amide bonds. The van der Waals surface area contributed by atoms with E-state index in [1.54, 1.807) is 31.2 Å². The van der Waals surface area contributed by atoms with Gasteiger partial charge in [-0.1, -0.05) is 78.4 Å². The van der Waals surface area contributed by atoms with E-state index in [-0.39, 0.29) is 46.4 Å². The van der Waals surface area contributed by atoms with Crippen molar-refractivity contribution >= 4 is 17.3 Å². The Kier molecular flexibility index (Phi) is 12.7. The maximum absolute atomic E-state index is 13.4. The number of carbonyl (C=O) groups excluding carboxylic acids is 1. The maximum Gasteiger partial charge on any atom is 0.340 e. The highest BCUT2D eigenvalue weighted by molar-refractivity contribution is 5.94. The molecule has 2 atom stereocenters. The van der Waals surface area contributed by atoms with E-state index in [0.717, 1.165) is 51.4 Å². The lowest BCUT2D eigenvalue weighted by Gasteiger charge is -2.19. The van der Waals surface area contributed by atoms with Crippen LogP contribution in [0.1, 0.15) is 101 Å². The molecule has 8 nitrogen and oxygen atoms in total. The molecule has 0 aliphatic rings. The number of hydrogen-bond donors (Lipinski definition) is 1. The molecule has 0 aliphatic carbocycles. The Bertz CT molecular complexity index is 1200. The number of esters is 1. The second-order valence-electron chi connectivity index (χ2n) is 9.85. The van der Waals surface area contributed by atoms with Gasteiger partial charge in [0.1, 0.15) is 17.3 Å². The fourth-order valence-electron chi connectivity index (χ4n) is 4.41. The van der Waals surface area contributed by atoms with Crippen molar-refractivity contribution < 1.29 is 14.6 Å². The first-order valence-electron chi connectivity index (χ1n) is 13.9. The zero-order valence-electron chi connectivity index (χ0n) is 23.5. The molecule has 1 aromatic carbocycles. The van der Waals surface area contributed by atoms with E-state index in [2.05, 4.69) is 31.0 Å². The Labute approximate surface area is 226 Å². The lowest BCUT2D eigenvalue weighted by atomic mass is 9.99. The molecule has 0 radical (unpaired) electrons. The average molecular weight is 523 g/mol. The minimum absolute atomic E-state index is 0.00530. The maximum atomic E-state index is 13.4. The molecular weight excluding hydrogens is 480 g/mol. The summed E-state index contributed by atoms with van der Waals surface area (Å²) in [6.07, 6.45) is 7.93. The molecule has 0 fully saturated rings. The van der Waals surface area contributed by atoms with Crippen molar-refractivity contribution in [1.29, 1.82) is 5.26 Å². The Morgan fingerprint density at radius 2 is 1.68 bits per heavy atom. The predicted molar refractivity (Wildman–Crippen MR) is 149 cm³/mol. The average Bonchev–Trinajstić information content (AvgIpc) is 2.93. The number of aromatic hydroxyl groups is 1. The Morgan fingerprint density at radius 3 is 2.29 bits per heavy atom. The van der Waals surface area contributed by atoms with Crippen molar-refractivity contribution in [2.45, 2.75) is 92.5 Å². The molecule has 2 rings (SSSR count). The number of azo groups is 1. The zero-order valence-corrected chi connectivity index (χ0v) is 23.5. The third-order valence-electron chi connectivity index (χ3n) is 7.13. The molecule has 0 saturated heterocycles. The SMILES string of the molecule is CCCCC(CC)COC(=O)c1ccccc1N=Nc1c(C)c(C#N)c(O)n(CC(CC)CCCC)c1=O. The highest BCUT2D eigenvalue weighted by Gasteiger charge is 2.22. The second-order valence-corrected chi connectivity index (χ2v) is 9.85. The second kappa shape index (κ2) is 15.7. The fraction of sp³-hybridized carbons (Fsp3) is 0.567. The molecular formula is C30H42N4O4. The largest absolute Gasteiger partial charge is 0.493 e. The highest BCUT2D eigenvalue weighted by atomic mass is 16.5. The van der Waals surface area contributed by atoms with Crippen LogP contribution >= 0.6 is 0 Å².